The van der Waals surface area contributed by atoms with Crippen LogP contribution in [0.1, 0.15) is 50.1 Å². The van der Waals surface area contributed by atoms with E-state index in [0.717, 1.165) is 31.2 Å². The molecule has 1 saturated carbocycles. The summed E-state index contributed by atoms with van der Waals surface area (Å²) in [5, 5.41) is 13.9. The van der Waals surface area contributed by atoms with Crippen LogP contribution < -0.4 is 5.32 Å². The van der Waals surface area contributed by atoms with E-state index < -0.39 is 11.6 Å². The Morgan fingerprint density at radius 1 is 1.24 bits per heavy atom. The average molecular weight is 291 g/mol. The van der Waals surface area contributed by atoms with E-state index in [1.165, 1.54) is 20.0 Å². The van der Waals surface area contributed by atoms with E-state index in [-0.39, 0.29) is 5.97 Å². The van der Waals surface area contributed by atoms with Crippen LogP contribution in [0.5, 0.6) is 0 Å². The smallest absolute Gasteiger partial charge is 0.327 e. The van der Waals surface area contributed by atoms with Crippen LogP contribution in [0.25, 0.3) is 0 Å². The zero-order valence-corrected chi connectivity index (χ0v) is 12.7. The Kier molecular flexibility index (Phi) is 5.76. The van der Waals surface area contributed by atoms with E-state index in [1.807, 2.05) is 30.3 Å². The van der Waals surface area contributed by atoms with Crippen molar-refractivity contribution in [2.75, 3.05) is 13.7 Å². The summed E-state index contributed by atoms with van der Waals surface area (Å²) in [5.74, 6) is -0.321. The third-order valence-electron chi connectivity index (χ3n) is 4.24. The Bertz CT molecular complexity index is 439. The molecule has 1 fully saturated rings. The molecule has 2 N–H and O–H groups in total. The number of hydrogen-bond donors (Lipinski definition) is 2. The number of methoxy groups -OCH3 is 1. The first-order valence-corrected chi connectivity index (χ1v) is 7.73. The largest absolute Gasteiger partial charge is 0.468 e. The first kappa shape index (κ1) is 16.0. The van der Waals surface area contributed by atoms with Gasteiger partial charge in [-0.25, -0.2) is 4.79 Å². The maximum Gasteiger partial charge on any atom is 0.327 e. The van der Waals surface area contributed by atoms with Gasteiger partial charge in [-0.05, 0) is 18.4 Å². The van der Waals surface area contributed by atoms with Crippen LogP contribution in [-0.2, 0) is 9.53 Å². The van der Waals surface area contributed by atoms with Gasteiger partial charge in [0.1, 0.15) is 6.04 Å². The molecule has 1 unspecified atom stereocenters. The van der Waals surface area contributed by atoms with E-state index in [9.17, 15) is 9.90 Å². The number of hydrogen-bond acceptors (Lipinski definition) is 4. The van der Waals surface area contributed by atoms with Crippen LogP contribution in [0, 0.1) is 0 Å². The Balaban J connectivity index is 2.03. The highest BCUT2D eigenvalue weighted by atomic mass is 16.5. The number of nitrogens with one attached hydrogen (secondary N) is 1. The highest BCUT2D eigenvalue weighted by molar-refractivity contribution is 5.77. The Labute approximate surface area is 126 Å². The normalized spacial score (nSPS) is 19.5. The van der Waals surface area contributed by atoms with Crippen molar-refractivity contribution in [1.82, 2.24) is 5.32 Å². The van der Waals surface area contributed by atoms with Gasteiger partial charge in [-0.1, -0.05) is 56.0 Å². The lowest BCUT2D eigenvalue weighted by Gasteiger charge is -2.29. The summed E-state index contributed by atoms with van der Waals surface area (Å²) in [5.41, 5.74) is 0.152. The molecule has 21 heavy (non-hydrogen) atoms. The summed E-state index contributed by atoms with van der Waals surface area (Å²) in [6.07, 6.45) is 6.05. The monoisotopic (exact) mass is 291 g/mol. The minimum absolute atomic E-state index is 0.321. The molecular weight excluding hydrogens is 266 g/mol. The quantitative estimate of drug-likeness (QED) is 0.646. The molecule has 0 radical (unpaired) electrons. The highest BCUT2D eigenvalue weighted by Crippen LogP contribution is 2.27. The first-order valence-electron chi connectivity index (χ1n) is 7.73. The topological polar surface area (TPSA) is 58.6 Å². The maximum atomic E-state index is 12.0. The first-order chi connectivity index (χ1) is 10.1. The summed E-state index contributed by atoms with van der Waals surface area (Å²) < 4.78 is 4.88. The van der Waals surface area contributed by atoms with Crippen LogP contribution >= 0.6 is 0 Å². The molecule has 0 aliphatic heterocycles. The Hall–Kier alpha value is -1.39. The number of esters is 1. The standard InChI is InChI=1S/C17H25NO3/c1-21-16(19)15(14-9-5-4-6-10-14)18-13-17(20)11-7-2-3-8-12-17/h4-6,9-10,15,18,20H,2-3,7-8,11-13H2,1H3. The van der Waals surface area contributed by atoms with Gasteiger partial charge in [-0.15, -0.1) is 0 Å². The molecule has 1 atom stereocenters. The summed E-state index contributed by atoms with van der Waals surface area (Å²) in [6.45, 7) is 0.418. The lowest BCUT2D eigenvalue weighted by atomic mass is 9.93. The minimum Gasteiger partial charge on any atom is -0.468 e. The molecule has 0 aromatic heterocycles. The number of benzene rings is 1. The van der Waals surface area contributed by atoms with Gasteiger partial charge in [0, 0.05) is 6.54 Å². The number of carbonyl (C=O) groups excluding carboxylic acids is 1. The predicted molar refractivity (Wildman–Crippen MR) is 81.9 cm³/mol. The number of rotatable bonds is 5. The fourth-order valence-electron chi connectivity index (χ4n) is 2.96. The van der Waals surface area contributed by atoms with Crippen molar-refractivity contribution in [3.8, 4) is 0 Å². The minimum atomic E-state index is -0.711. The molecule has 0 saturated heterocycles. The molecule has 0 amide bonds. The fourth-order valence-corrected chi connectivity index (χ4v) is 2.96. The van der Waals surface area contributed by atoms with Gasteiger partial charge in [-0.3, -0.25) is 5.32 Å². The zero-order valence-electron chi connectivity index (χ0n) is 12.7. The lowest BCUT2D eigenvalue weighted by molar-refractivity contribution is -0.143. The fraction of sp³-hybridized carbons (Fsp3) is 0.588. The SMILES string of the molecule is COC(=O)C(NCC1(O)CCCCCC1)c1ccccc1. The van der Waals surface area contributed by atoms with Gasteiger partial charge >= 0.3 is 5.97 Å². The summed E-state index contributed by atoms with van der Waals surface area (Å²) in [7, 11) is 1.39. The van der Waals surface area contributed by atoms with Crippen molar-refractivity contribution >= 4 is 5.97 Å². The molecule has 1 aromatic rings. The third kappa shape index (κ3) is 4.55. The second kappa shape index (κ2) is 7.57. The Morgan fingerprint density at radius 3 is 2.43 bits per heavy atom. The number of carbonyl (C=O) groups is 1. The second-order valence-electron chi connectivity index (χ2n) is 5.89. The summed E-state index contributed by atoms with van der Waals surface area (Å²) in [6, 6.07) is 8.97. The van der Waals surface area contributed by atoms with Crippen molar-refractivity contribution in [1.29, 1.82) is 0 Å². The zero-order chi connectivity index (χ0) is 15.1. The molecule has 4 nitrogen and oxygen atoms in total. The van der Waals surface area contributed by atoms with Crippen LogP contribution in [0.4, 0.5) is 0 Å². The van der Waals surface area contributed by atoms with E-state index in [2.05, 4.69) is 5.32 Å². The van der Waals surface area contributed by atoms with Crippen LogP contribution in [-0.4, -0.2) is 30.3 Å². The Morgan fingerprint density at radius 2 is 1.86 bits per heavy atom. The lowest BCUT2D eigenvalue weighted by Crippen LogP contribution is -2.43. The van der Waals surface area contributed by atoms with Gasteiger partial charge in [0.15, 0.2) is 0 Å². The van der Waals surface area contributed by atoms with E-state index in [4.69, 9.17) is 4.74 Å². The molecule has 0 heterocycles. The molecule has 116 valence electrons. The summed E-state index contributed by atoms with van der Waals surface area (Å²) in [4.78, 5) is 12.0. The third-order valence-corrected chi connectivity index (χ3v) is 4.24. The van der Waals surface area contributed by atoms with Crippen molar-refractivity contribution in [3.63, 3.8) is 0 Å². The molecule has 1 aromatic carbocycles. The van der Waals surface area contributed by atoms with Gasteiger partial charge in [0.05, 0.1) is 12.7 Å². The van der Waals surface area contributed by atoms with E-state index in [0.29, 0.717) is 6.54 Å². The molecule has 1 aliphatic carbocycles. The molecule has 4 heteroatoms. The number of aliphatic hydroxyl groups is 1. The van der Waals surface area contributed by atoms with Crippen LogP contribution in [0.3, 0.4) is 0 Å². The molecule has 0 bridgehead atoms. The van der Waals surface area contributed by atoms with Crippen molar-refractivity contribution in [3.05, 3.63) is 35.9 Å². The predicted octanol–water partition coefficient (Wildman–Crippen LogP) is 2.58. The van der Waals surface area contributed by atoms with Gasteiger partial charge in [0.2, 0.25) is 0 Å². The van der Waals surface area contributed by atoms with Gasteiger partial charge in [0.25, 0.3) is 0 Å². The molecule has 1 aliphatic rings. The van der Waals surface area contributed by atoms with Crippen molar-refractivity contribution in [2.24, 2.45) is 0 Å². The van der Waals surface area contributed by atoms with Gasteiger partial charge < -0.3 is 9.84 Å². The molecule has 0 spiro atoms. The summed E-state index contributed by atoms with van der Waals surface area (Å²) >= 11 is 0. The number of ether oxygens (including phenoxy) is 1. The van der Waals surface area contributed by atoms with E-state index in [1.54, 1.807) is 0 Å². The molecular formula is C17H25NO3. The van der Waals surface area contributed by atoms with Gasteiger partial charge in [-0.2, -0.15) is 0 Å². The molecule has 2 rings (SSSR count). The average Bonchev–Trinajstić information content (AvgIpc) is 2.73. The van der Waals surface area contributed by atoms with Crippen LogP contribution in [0.2, 0.25) is 0 Å². The van der Waals surface area contributed by atoms with Crippen molar-refractivity contribution in [2.45, 2.75) is 50.2 Å². The highest BCUT2D eigenvalue weighted by Gasteiger charge is 2.30. The second-order valence-corrected chi connectivity index (χ2v) is 5.89. The van der Waals surface area contributed by atoms with E-state index >= 15 is 0 Å². The van der Waals surface area contributed by atoms with Crippen molar-refractivity contribution < 1.29 is 14.6 Å². The van der Waals surface area contributed by atoms with Crippen LogP contribution in [0.15, 0.2) is 30.3 Å². The maximum absolute atomic E-state index is 12.0.